The van der Waals surface area contributed by atoms with Crippen molar-refractivity contribution >= 4 is 16.9 Å². The minimum absolute atomic E-state index is 0.133. The molecule has 0 unspecified atom stereocenters. The van der Waals surface area contributed by atoms with Crippen LogP contribution in [-0.4, -0.2) is 40.1 Å². The lowest BCUT2D eigenvalue weighted by Gasteiger charge is -2.25. The Morgan fingerprint density at radius 2 is 2.00 bits per heavy atom. The number of aromatic nitrogens is 2. The zero-order chi connectivity index (χ0) is 19.1. The number of likely N-dealkylation sites (tertiary alicyclic amines) is 1. The zero-order valence-electron chi connectivity index (χ0n) is 16.1. The van der Waals surface area contributed by atoms with Gasteiger partial charge in [-0.25, -0.2) is 4.98 Å². The topological polar surface area (TPSA) is 47.4 Å². The van der Waals surface area contributed by atoms with Gasteiger partial charge in [-0.2, -0.15) is 0 Å². The average Bonchev–Trinajstić information content (AvgIpc) is 3.23. The first kappa shape index (κ1) is 17.3. The van der Waals surface area contributed by atoms with Gasteiger partial charge in [0.25, 0.3) is 0 Å². The van der Waals surface area contributed by atoms with Gasteiger partial charge in [-0.3, -0.25) is 4.79 Å². The summed E-state index contributed by atoms with van der Waals surface area (Å²) in [4.78, 5) is 19.8. The Hall–Kier alpha value is -2.82. The van der Waals surface area contributed by atoms with Crippen molar-refractivity contribution in [3.8, 4) is 5.75 Å². The van der Waals surface area contributed by atoms with Gasteiger partial charge in [0.2, 0.25) is 5.91 Å². The summed E-state index contributed by atoms with van der Waals surface area (Å²) in [5, 5.41) is 0. The molecule has 1 aromatic heterocycles. The number of methoxy groups -OCH3 is 1. The molecular formula is C23H25N3O2. The Morgan fingerprint density at radius 1 is 1.18 bits per heavy atom. The summed E-state index contributed by atoms with van der Waals surface area (Å²) in [6, 6.07) is 16.6. The van der Waals surface area contributed by atoms with Crippen LogP contribution in [-0.2, 0) is 11.3 Å². The van der Waals surface area contributed by atoms with Crippen molar-refractivity contribution in [1.82, 2.24) is 14.5 Å². The van der Waals surface area contributed by atoms with Crippen LogP contribution in [0.3, 0.4) is 0 Å². The highest BCUT2D eigenvalue weighted by molar-refractivity contribution is 5.83. The molecule has 28 heavy (non-hydrogen) atoms. The van der Waals surface area contributed by atoms with Crippen LogP contribution in [0.1, 0.15) is 30.7 Å². The van der Waals surface area contributed by atoms with E-state index in [0.29, 0.717) is 11.8 Å². The van der Waals surface area contributed by atoms with Crippen LogP contribution in [0.25, 0.3) is 11.0 Å². The molecule has 5 rings (SSSR count). The highest BCUT2D eigenvalue weighted by Gasteiger charge is 2.47. The lowest BCUT2D eigenvalue weighted by Crippen LogP contribution is -2.39. The number of hydrogen-bond acceptors (Lipinski definition) is 3. The van der Waals surface area contributed by atoms with Gasteiger partial charge in [0.1, 0.15) is 5.75 Å². The maximum atomic E-state index is 13.2. The summed E-state index contributed by atoms with van der Waals surface area (Å²) in [7, 11) is 1.68. The van der Waals surface area contributed by atoms with Gasteiger partial charge in [0.05, 0.1) is 24.5 Å². The standard InChI is InChI=1S/C23H25N3O2/c1-28-18-10-8-16(9-11-18)19-13-20(19)23(27)26-12-4-5-17(26)14-25-15-24-21-6-2-3-7-22(21)25/h2-3,6-11,15,17,19-20H,4-5,12-14H2,1H3/t17-,19+,20+/m1/s1. The monoisotopic (exact) mass is 375 g/mol. The third-order valence-electron chi connectivity index (χ3n) is 6.25. The predicted octanol–water partition coefficient (Wildman–Crippen LogP) is 3.84. The van der Waals surface area contributed by atoms with Gasteiger partial charge < -0.3 is 14.2 Å². The first-order valence-corrected chi connectivity index (χ1v) is 10.1. The number of imidazole rings is 1. The molecule has 2 aromatic carbocycles. The van der Waals surface area contributed by atoms with Crippen LogP contribution in [0.2, 0.25) is 0 Å². The lowest BCUT2D eigenvalue weighted by molar-refractivity contribution is -0.133. The fraction of sp³-hybridized carbons (Fsp3) is 0.391. The number of carbonyl (C=O) groups is 1. The van der Waals surface area contributed by atoms with Crippen molar-refractivity contribution in [2.75, 3.05) is 13.7 Å². The quantitative estimate of drug-likeness (QED) is 0.681. The number of rotatable bonds is 5. The highest BCUT2D eigenvalue weighted by atomic mass is 16.5. The van der Waals surface area contributed by atoms with Crippen LogP contribution in [0.15, 0.2) is 54.9 Å². The summed E-state index contributed by atoms with van der Waals surface area (Å²) >= 11 is 0. The predicted molar refractivity (Wildman–Crippen MR) is 108 cm³/mol. The van der Waals surface area contributed by atoms with E-state index in [1.165, 1.54) is 5.56 Å². The molecule has 2 aliphatic rings. The van der Waals surface area contributed by atoms with Crippen molar-refractivity contribution in [1.29, 1.82) is 0 Å². The molecule has 1 amide bonds. The van der Waals surface area contributed by atoms with Crippen LogP contribution in [0.5, 0.6) is 5.75 Å². The number of ether oxygens (including phenoxy) is 1. The number of fused-ring (bicyclic) bond motifs is 1. The number of benzene rings is 2. The number of para-hydroxylation sites is 2. The van der Waals surface area contributed by atoms with E-state index in [4.69, 9.17) is 4.74 Å². The number of nitrogens with zero attached hydrogens (tertiary/aromatic N) is 3. The SMILES string of the molecule is COc1ccc([C@@H]2C[C@@H]2C(=O)N2CCC[C@@H]2Cn2cnc3ccccc32)cc1. The second kappa shape index (κ2) is 6.97. The highest BCUT2D eigenvalue weighted by Crippen LogP contribution is 2.49. The van der Waals surface area contributed by atoms with Crippen molar-refractivity contribution in [3.63, 3.8) is 0 Å². The van der Waals surface area contributed by atoms with Gasteiger partial charge in [0.15, 0.2) is 0 Å². The van der Waals surface area contributed by atoms with Crippen molar-refractivity contribution in [2.45, 2.75) is 37.8 Å². The fourth-order valence-electron chi connectivity index (χ4n) is 4.60. The molecule has 144 valence electrons. The summed E-state index contributed by atoms with van der Waals surface area (Å²) in [6.07, 6.45) is 5.02. The van der Waals surface area contributed by atoms with Gasteiger partial charge in [0, 0.05) is 25.0 Å². The molecule has 0 radical (unpaired) electrons. The van der Waals surface area contributed by atoms with Crippen molar-refractivity contribution < 1.29 is 9.53 Å². The Balaban J connectivity index is 1.28. The van der Waals surface area contributed by atoms with E-state index in [9.17, 15) is 4.79 Å². The third-order valence-corrected chi connectivity index (χ3v) is 6.25. The molecule has 0 bridgehead atoms. The van der Waals surface area contributed by atoms with E-state index in [1.807, 2.05) is 36.7 Å². The first-order chi connectivity index (χ1) is 13.7. The molecule has 0 N–H and O–H groups in total. The summed E-state index contributed by atoms with van der Waals surface area (Å²) in [5.41, 5.74) is 3.40. The molecule has 1 saturated heterocycles. The molecule has 5 heteroatoms. The first-order valence-electron chi connectivity index (χ1n) is 10.1. The maximum Gasteiger partial charge on any atom is 0.226 e. The van der Waals surface area contributed by atoms with Gasteiger partial charge in [-0.05, 0) is 55.0 Å². The second-order valence-electron chi connectivity index (χ2n) is 7.94. The van der Waals surface area contributed by atoms with E-state index in [0.717, 1.165) is 49.1 Å². The molecule has 1 saturated carbocycles. The van der Waals surface area contributed by atoms with Gasteiger partial charge in [-0.1, -0.05) is 24.3 Å². The second-order valence-corrected chi connectivity index (χ2v) is 7.94. The molecular weight excluding hydrogens is 350 g/mol. The average molecular weight is 375 g/mol. The van der Waals surface area contributed by atoms with E-state index in [2.05, 4.69) is 32.7 Å². The summed E-state index contributed by atoms with van der Waals surface area (Å²) < 4.78 is 7.43. The van der Waals surface area contributed by atoms with Crippen molar-refractivity contribution in [2.24, 2.45) is 5.92 Å². The molecule has 1 aliphatic heterocycles. The Labute approximate surface area is 164 Å². The van der Waals surface area contributed by atoms with Gasteiger partial charge in [-0.15, -0.1) is 0 Å². The third kappa shape index (κ3) is 3.05. The number of amides is 1. The Kier molecular flexibility index (Phi) is 4.30. The lowest BCUT2D eigenvalue weighted by atomic mass is 10.1. The van der Waals surface area contributed by atoms with E-state index < -0.39 is 0 Å². The van der Waals surface area contributed by atoms with E-state index >= 15 is 0 Å². The molecule has 0 spiro atoms. The number of carbonyl (C=O) groups excluding carboxylic acids is 1. The minimum atomic E-state index is 0.133. The fourth-order valence-corrected chi connectivity index (χ4v) is 4.60. The van der Waals surface area contributed by atoms with E-state index in [1.54, 1.807) is 7.11 Å². The molecule has 2 fully saturated rings. The molecule has 1 aliphatic carbocycles. The summed E-state index contributed by atoms with van der Waals surface area (Å²) in [6.45, 7) is 1.70. The summed E-state index contributed by atoms with van der Waals surface area (Å²) in [5.74, 6) is 1.68. The number of hydrogen-bond donors (Lipinski definition) is 0. The maximum absolute atomic E-state index is 13.2. The van der Waals surface area contributed by atoms with Crippen LogP contribution in [0.4, 0.5) is 0 Å². The van der Waals surface area contributed by atoms with Crippen molar-refractivity contribution in [3.05, 3.63) is 60.4 Å². The molecule has 5 nitrogen and oxygen atoms in total. The smallest absolute Gasteiger partial charge is 0.226 e. The Bertz CT molecular complexity index is 995. The zero-order valence-corrected chi connectivity index (χ0v) is 16.1. The molecule has 3 atom stereocenters. The minimum Gasteiger partial charge on any atom is -0.497 e. The Morgan fingerprint density at radius 3 is 2.82 bits per heavy atom. The van der Waals surface area contributed by atoms with Crippen LogP contribution < -0.4 is 4.74 Å². The molecule has 2 heterocycles. The normalized spacial score (nSPS) is 23.9. The van der Waals surface area contributed by atoms with Gasteiger partial charge >= 0.3 is 0 Å². The van der Waals surface area contributed by atoms with Crippen LogP contribution in [0, 0.1) is 5.92 Å². The van der Waals surface area contributed by atoms with E-state index in [-0.39, 0.29) is 12.0 Å². The van der Waals surface area contributed by atoms with Crippen LogP contribution >= 0.6 is 0 Å². The largest absolute Gasteiger partial charge is 0.497 e. The molecule has 3 aromatic rings.